The van der Waals surface area contributed by atoms with Gasteiger partial charge in [0.15, 0.2) is 0 Å². The van der Waals surface area contributed by atoms with Gasteiger partial charge in [0.25, 0.3) is 0 Å². The van der Waals surface area contributed by atoms with Crippen LogP contribution in [-0.4, -0.2) is 6.54 Å². The fourth-order valence-corrected chi connectivity index (χ4v) is 3.06. The van der Waals surface area contributed by atoms with Gasteiger partial charge in [0.2, 0.25) is 0 Å². The number of benzene rings is 2. The predicted molar refractivity (Wildman–Crippen MR) is 94.0 cm³/mol. The predicted octanol–water partition coefficient (Wildman–Crippen LogP) is 5.38. The second-order valence-electron chi connectivity index (χ2n) is 5.59. The van der Waals surface area contributed by atoms with Crippen molar-refractivity contribution in [3.8, 4) is 0 Å². The Bertz CT molecular complexity index is 551. The Morgan fingerprint density at radius 2 is 1.81 bits per heavy atom. The van der Waals surface area contributed by atoms with Gasteiger partial charge in [-0.25, -0.2) is 0 Å². The molecule has 0 saturated heterocycles. The molecule has 0 aliphatic rings. The highest BCUT2D eigenvalue weighted by atomic mass is 35.5. The van der Waals surface area contributed by atoms with Crippen molar-refractivity contribution in [1.29, 1.82) is 0 Å². The molecule has 0 radical (unpaired) electrons. The molecule has 3 heteroatoms. The van der Waals surface area contributed by atoms with E-state index in [4.69, 9.17) is 11.6 Å². The summed E-state index contributed by atoms with van der Waals surface area (Å²) >= 11 is 7.77. The number of rotatable bonds is 7. The van der Waals surface area contributed by atoms with Crippen LogP contribution in [0.2, 0.25) is 5.02 Å². The lowest BCUT2D eigenvalue weighted by molar-refractivity contribution is 0.552. The molecule has 0 bridgehead atoms. The van der Waals surface area contributed by atoms with E-state index in [9.17, 15) is 0 Å². The largest absolute Gasteiger partial charge is 0.312 e. The highest BCUT2D eigenvalue weighted by molar-refractivity contribution is 7.98. The average molecular weight is 320 g/mol. The summed E-state index contributed by atoms with van der Waals surface area (Å²) in [5, 5.41) is 4.28. The van der Waals surface area contributed by atoms with Gasteiger partial charge in [0, 0.05) is 22.2 Å². The van der Waals surface area contributed by atoms with E-state index in [-0.39, 0.29) is 0 Å². The summed E-state index contributed by atoms with van der Waals surface area (Å²) in [5.74, 6) is 1.66. The first-order chi connectivity index (χ1) is 10.1. The molecular formula is C18H22ClNS. The van der Waals surface area contributed by atoms with E-state index in [1.807, 2.05) is 23.9 Å². The Hall–Kier alpha value is -0.960. The van der Waals surface area contributed by atoms with Crippen molar-refractivity contribution in [2.24, 2.45) is 5.92 Å². The van der Waals surface area contributed by atoms with Crippen molar-refractivity contribution in [2.45, 2.75) is 31.0 Å². The third kappa shape index (κ3) is 6.13. The number of thioether (sulfide) groups is 1. The van der Waals surface area contributed by atoms with Crippen LogP contribution in [0.4, 0.5) is 0 Å². The lowest BCUT2D eigenvalue weighted by atomic mass is 10.2. The Balaban J connectivity index is 1.87. The van der Waals surface area contributed by atoms with E-state index in [0.717, 1.165) is 23.9 Å². The zero-order chi connectivity index (χ0) is 15.1. The Kier molecular flexibility index (Phi) is 6.62. The van der Waals surface area contributed by atoms with Crippen molar-refractivity contribution in [3.63, 3.8) is 0 Å². The minimum Gasteiger partial charge on any atom is -0.312 e. The fourth-order valence-electron chi connectivity index (χ4n) is 2.00. The number of hydrogen-bond donors (Lipinski definition) is 1. The third-order valence-electron chi connectivity index (χ3n) is 3.10. The molecule has 0 unspecified atom stereocenters. The summed E-state index contributed by atoms with van der Waals surface area (Å²) in [7, 11) is 0. The normalized spacial score (nSPS) is 11.0. The highest BCUT2D eigenvalue weighted by Gasteiger charge is 2.00. The van der Waals surface area contributed by atoms with Gasteiger partial charge in [-0.1, -0.05) is 49.7 Å². The topological polar surface area (TPSA) is 12.0 Å². The standard InChI is InChI=1S/C18H22ClNS/c1-14(2)11-20-12-16-4-3-5-18(10-16)21-13-15-6-8-17(19)9-7-15/h3-10,14,20H,11-13H2,1-2H3. The van der Waals surface area contributed by atoms with Crippen molar-refractivity contribution in [3.05, 3.63) is 64.7 Å². The van der Waals surface area contributed by atoms with Crippen molar-refractivity contribution in [2.75, 3.05) is 6.54 Å². The quantitative estimate of drug-likeness (QED) is 0.688. The van der Waals surface area contributed by atoms with E-state index < -0.39 is 0 Å². The van der Waals surface area contributed by atoms with Crippen LogP contribution in [-0.2, 0) is 12.3 Å². The molecule has 1 nitrogen and oxygen atoms in total. The molecule has 0 heterocycles. The van der Waals surface area contributed by atoms with E-state index in [1.54, 1.807) is 0 Å². The molecular weight excluding hydrogens is 298 g/mol. The van der Waals surface area contributed by atoms with Crippen LogP contribution in [0.1, 0.15) is 25.0 Å². The highest BCUT2D eigenvalue weighted by Crippen LogP contribution is 2.24. The minimum absolute atomic E-state index is 0.687. The summed E-state index contributed by atoms with van der Waals surface area (Å²) in [6.07, 6.45) is 0. The zero-order valence-corrected chi connectivity index (χ0v) is 14.2. The van der Waals surface area contributed by atoms with E-state index in [2.05, 4.69) is 55.6 Å². The maximum absolute atomic E-state index is 5.91. The summed E-state index contributed by atoms with van der Waals surface area (Å²) < 4.78 is 0. The Morgan fingerprint density at radius 1 is 1.05 bits per heavy atom. The van der Waals surface area contributed by atoms with Gasteiger partial charge in [0.1, 0.15) is 0 Å². The lowest BCUT2D eigenvalue weighted by Crippen LogP contribution is -2.18. The van der Waals surface area contributed by atoms with Gasteiger partial charge < -0.3 is 5.32 Å². The van der Waals surface area contributed by atoms with Crippen molar-refractivity contribution < 1.29 is 0 Å². The van der Waals surface area contributed by atoms with Gasteiger partial charge in [-0.05, 0) is 47.9 Å². The molecule has 2 aromatic rings. The van der Waals surface area contributed by atoms with E-state index in [0.29, 0.717) is 5.92 Å². The monoisotopic (exact) mass is 319 g/mol. The van der Waals surface area contributed by atoms with Gasteiger partial charge >= 0.3 is 0 Å². The van der Waals surface area contributed by atoms with Crippen molar-refractivity contribution in [1.82, 2.24) is 5.32 Å². The molecule has 1 N–H and O–H groups in total. The first-order valence-electron chi connectivity index (χ1n) is 7.30. The third-order valence-corrected chi connectivity index (χ3v) is 4.42. The van der Waals surface area contributed by atoms with Crippen LogP contribution in [0.15, 0.2) is 53.4 Å². The molecule has 2 aromatic carbocycles. The van der Waals surface area contributed by atoms with Crippen molar-refractivity contribution >= 4 is 23.4 Å². The lowest BCUT2D eigenvalue weighted by Gasteiger charge is -2.09. The zero-order valence-electron chi connectivity index (χ0n) is 12.6. The molecule has 0 saturated carbocycles. The first-order valence-corrected chi connectivity index (χ1v) is 8.67. The molecule has 0 fully saturated rings. The van der Waals surface area contributed by atoms with E-state index >= 15 is 0 Å². The van der Waals surface area contributed by atoms with Gasteiger partial charge in [-0.3, -0.25) is 0 Å². The number of hydrogen-bond acceptors (Lipinski definition) is 2. The van der Waals surface area contributed by atoms with E-state index in [1.165, 1.54) is 16.0 Å². The fraction of sp³-hybridized carbons (Fsp3) is 0.333. The molecule has 0 aliphatic heterocycles. The Morgan fingerprint density at radius 3 is 2.52 bits per heavy atom. The average Bonchev–Trinajstić information content (AvgIpc) is 2.47. The first kappa shape index (κ1) is 16.4. The maximum atomic E-state index is 5.91. The summed E-state index contributed by atoms with van der Waals surface area (Å²) in [6, 6.07) is 16.8. The molecule has 0 spiro atoms. The van der Waals surface area contributed by atoms with Crippen LogP contribution in [0.3, 0.4) is 0 Å². The van der Waals surface area contributed by atoms with Gasteiger partial charge in [0.05, 0.1) is 0 Å². The second kappa shape index (κ2) is 8.47. The van der Waals surface area contributed by atoms with Crippen LogP contribution >= 0.6 is 23.4 Å². The molecule has 0 atom stereocenters. The molecule has 21 heavy (non-hydrogen) atoms. The summed E-state index contributed by atoms with van der Waals surface area (Å²) in [4.78, 5) is 1.31. The second-order valence-corrected chi connectivity index (χ2v) is 7.07. The summed E-state index contributed by atoms with van der Waals surface area (Å²) in [5.41, 5.74) is 2.64. The maximum Gasteiger partial charge on any atom is 0.0406 e. The molecule has 112 valence electrons. The Labute approximate surface area is 137 Å². The van der Waals surface area contributed by atoms with Crippen LogP contribution < -0.4 is 5.32 Å². The van der Waals surface area contributed by atoms with Crippen LogP contribution in [0, 0.1) is 5.92 Å². The van der Waals surface area contributed by atoms with Gasteiger partial charge in [-0.2, -0.15) is 0 Å². The molecule has 0 aromatic heterocycles. The smallest absolute Gasteiger partial charge is 0.0406 e. The summed E-state index contributed by atoms with van der Waals surface area (Å²) in [6.45, 7) is 6.45. The van der Waals surface area contributed by atoms with Crippen LogP contribution in [0.5, 0.6) is 0 Å². The molecule has 0 amide bonds. The van der Waals surface area contributed by atoms with Crippen LogP contribution in [0.25, 0.3) is 0 Å². The molecule has 0 aliphatic carbocycles. The number of nitrogens with one attached hydrogen (secondary N) is 1. The minimum atomic E-state index is 0.687. The van der Waals surface area contributed by atoms with Gasteiger partial charge in [-0.15, -0.1) is 11.8 Å². The number of halogens is 1. The molecule has 2 rings (SSSR count). The SMILES string of the molecule is CC(C)CNCc1cccc(SCc2ccc(Cl)cc2)c1.